The Balaban J connectivity index is 1.45. The molecule has 10 heteroatoms. The number of benzene rings is 1. The van der Waals surface area contributed by atoms with Crippen LogP contribution in [0.15, 0.2) is 30.5 Å². The number of carbonyl (C=O) groups is 1. The summed E-state index contributed by atoms with van der Waals surface area (Å²) in [5, 5.41) is 0.314. The van der Waals surface area contributed by atoms with Crippen LogP contribution in [0.5, 0.6) is 11.5 Å². The number of fused-ring (bicyclic) bond motifs is 1. The lowest BCUT2D eigenvalue weighted by Crippen LogP contribution is -2.35. The predicted octanol–water partition coefficient (Wildman–Crippen LogP) is 3.84. The third-order valence-corrected chi connectivity index (χ3v) is 5.14. The molecule has 2 aliphatic heterocycles. The molecule has 1 saturated heterocycles. The molecule has 3 heterocycles. The first-order valence-electron chi connectivity index (χ1n) is 8.99. The summed E-state index contributed by atoms with van der Waals surface area (Å²) < 4.78 is 48.7. The molecule has 2 aliphatic rings. The molecule has 0 radical (unpaired) electrons. The van der Waals surface area contributed by atoms with E-state index in [9.17, 15) is 18.0 Å². The van der Waals surface area contributed by atoms with Gasteiger partial charge in [0.1, 0.15) is 5.82 Å². The van der Waals surface area contributed by atoms with Gasteiger partial charge in [0.25, 0.3) is 5.91 Å². The normalized spacial score (nSPS) is 16.7. The zero-order valence-electron chi connectivity index (χ0n) is 15.2. The highest BCUT2D eigenvalue weighted by Gasteiger charge is 2.31. The van der Waals surface area contributed by atoms with Gasteiger partial charge in [0.2, 0.25) is 6.79 Å². The molecule has 0 atom stereocenters. The summed E-state index contributed by atoms with van der Waals surface area (Å²) in [5.41, 5.74) is -0.382. The van der Waals surface area contributed by atoms with Crippen LogP contribution in [0.25, 0.3) is 0 Å². The Morgan fingerprint density at radius 3 is 2.66 bits per heavy atom. The average Bonchev–Trinajstić information content (AvgIpc) is 3.04. The second-order valence-corrected chi connectivity index (χ2v) is 7.13. The second-order valence-electron chi connectivity index (χ2n) is 6.73. The maximum atomic E-state index is 12.9. The number of pyridine rings is 1. The van der Waals surface area contributed by atoms with E-state index < -0.39 is 11.7 Å². The topological polar surface area (TPSA) is 54.9 Å². The highest BCUT2D eigenvalue weighted by Crippen LogP contribution is 2.40. The van der Waals surface area contributed by atoms with Gasteiger partial charge < -0.3 is 19.3 Å². The molecule has 0 bridgehead atoms. The van der Waals surface area contributed by atoms with Crippen molar-refractivity contribution >= 4 is 23.3 Å². The molecule has 0 spiro atoms. The van der Waals surface area contributed by atoms with E-state index in [2.05, 4.69) is 4.98 Å². The first-order valence-corrected chi connectivity index (χ1v) is 9.37. The summed E-state index contributed by atoms with van der Waals surface area (Å²) in [6.45, 7) is 2.04. The number of nitrogens with zero attached hydrogens (tertiary/aromatic N) is 3. The number of ether oxygens (including phenoxy) is 2. The predicted molar refractivity (Wildman–Crippen MR) is 99.5 cm³/mol. The van der Waals surface area contributed by atoms with Crippen molar-refractivity contribution in [3.8, 4) is 11.5 Å². The number of rotatable bonds is 2. The zero-order valence-corrected chi connectivity index (χ0v) is 16.0. The van der Waals surface area contributed by atoms with Gasteiger partial charge in [-0.15, -0.1) is 0 Å². The van der Waals surface area contributed by atoms with Crippen LogP contribution in [0.1, 0.15) is 22.3 Å². The third kappa shape index (κ3) is 4.05. The summed E-state index contributed by atoms with van der Waals surface area (Å²) in [4.78, 5) is 20.4. The van der Waals surface area contributed by atoms with Gasteiger partial charge in [0, 0.05) is 37.9 Å². The summed E-state index contributed by atoms with van der Waals surface area (Å²) >= 11 is 6.17. The van der Waals surface area contributed by atoms with Gasteiger partial charge in [-0.3, -0.25) is 4.79 Å². The minimum absolute atomic E-state index is 0.0610. The van der Waals surface area contributed by atoms with Gasteiger partial charge in [-0.25, -0.2) is 4.98 Å². The van der Waals surface area contributed by atoms with Crippen LogP contribution in [0.3, 0.4) is 0 Å². The van der Waals surface area contributed by atoms with Crippen molar-refractivity contribution in [2.24, 2.45) is 0 Å². The molecule has 154 valence electrons. The molecule has 29 heavy (non-hydrogen) atoms. The summed E-state index contributed by atoms with van der Waals surface area (Å²) in [6, 6.07) is 5.54. The first-order chi connectivity index (χ1) is 13.8. The maximum absolute atomic E-state index is 12.9. The van der Waals surface area contributed by atoms with Gasteiger partial charge >= 0.3 is 6.18 Å². The minimum Gasteiger partial charge on any atom is -0.454 e. The number of carbonyl (C=O) groups excluding carboxylic acids is 1. The second kappa shape index (κ2) is 7.62. The van der Waals surface area contributed by atoms with Crippen molar-refractivity contribution in [2.75, 3.05) is 37.9 Å². The Morgan fingerprint density at radius 1 is 1.10 bits per heavy atom. The van der Waals surface area contributed by atoms with Crippen LogP contribution in [-0.2, 0) is 6.18 Å². The van der Waals surface area contributed by atoms with E-state index in [0.717, 1.165) is 12.3 Å². The molecule has 6 nitrogen and oxygen atoms in total. The highest BCUT2D eigenvalue weighted by atomic mass is 35.5. The van der Waals surface area contributed by atoms with Crippen LogP contribution in [0.4, 0.5) is 19.0 Å². The van der Waals surface area contributed by atoms with Gasteiger partial charge in [0.15, 0.2) is 11.5 Å². The van der Waals surface area contributed by atoms with E-state index >= 15 is 0 Å². The number of alkyl halides is 3. The largest absolute Gasteiger partial charge is 0.454 e. The average molecular weight is 428 g/mol. The summed E-state index contributed by atoms with van der Waals surface area (Å²) in [7, 11) is 0. The lowest BCUT2D eigenvalue weighted by Gasteiger charge is -2.23. The van der Waals surface area contributed by atoms with Crippen LogP contribution >= 0.6 is 11.6 Å². The molecule has 1 fully saturated rings. The summed E-state index contributed by atoms with van der Waals surface area (Å²) in [5.74, 6) is 1.13. The number of anilines is 1. The van der Waals surface area contributed by atoms with Gasteiger partial charge in [-0.1, -0.05) is 11.6 Å². The maximum Gasteiger partial charge on any atom is 0.417 e. The highest BCUT2D eigenvalue weighted by molar-refractivity contribution is 6.32. The van der Waals surface area contributed by atoms with E-state index in [1.54, 1.807) is 17.0 Å². The molecule has 1 amide bonds. The molecular formula is C19H17ClF3N3O3. The SMILES string of the molecule is O=C(c1cc(Cl)c2c(c1)OCO2)N1CCCN(c2ccc(C(F)(F)F)cn2)CC1. The number of hydrogen-bond donors (Lipinski definition) is 0. The van der Waals surface area contributed by atoms with Crippen LogP contribution in [0, 0.1) is 0 Å². The third-order valence-electron chi connectivity index (χ3n) is 4.86. The first kappa shape index (κ1) is 19.6. The van der Waals surface area contributed by atoms with Crippen LogP contribution in [-0.4, -0.2) is 48.8 Å². The molecule has 2 aromatic rings. The summed E-state index contributed by atoms with van der Waals surface area (Å²) in [6.07, 6.45) is -2.93. The van der Waals surface area contributed by atoms with Crippen molar-refractivity contribution in [3.05, 3.63) is 46.6 Å². The number of hydrogen-bond acceptors (Lipinski definition) is 5. The van der Waals surface area contributed by atoms with Gasteiger partial charge in [-0.2, -0.15) is 13.2 Å². The number of halogens is 4. The molecule has 0 saturated carbocycles. The quantitative estimate of drug-likeness (QED) is 0.729. The monoisotopic (exact) mass is 427 g/mol. The van der Waals surface area contributed by atoms with E-state index in [1.165, 1.54) is 6.07 Å². The van der Waals surface area contributed by atoms with Crippen molar-refractivity contribution in [1.82, 2.24) is 9.88 Å². The van der Waals surface area contributed by atoms with Gasteiger partial charge in [-0.05, 0) is 30.7 Å². The Hall–Kier alpha value is -2.68. The van der Waals surface area contributed by atoms with Crippen molar-refractivity contribution in [1.29, 1.82) is 0 Å². The van der Waals surface area contributed by atoms with E-state index in [1.807, 2.05) is 4.90 Å². The van der Waals surface area contributed by atoms with E-state index in [4.69, 9.17) is 21.1 Å². The lowest BCUT2D eigenvalue weighted by atomic mass is 10.1. The standard InChI is InChI=1S/C19H17ClF3N3O3/c20-14-8-12(9-15-17(14)29-11-28-15)18(27)26-5-1-4-25(6-7-26)16-3-2-13(10-24-16)19(21,22)23/h2-3,8-10H,1,4-7,11H2. The van der Waals surface area contributed by atoms with Gasteiger partial charge in [0.05, 0.1) is 10.6 Å². The number of amides is 1. The van der Waals surface area contributed by atoms with Crippen molar-refractivity contribution in [2.45, 2.75) is 12.6 Å². The minimum atomic E-state index is -4.42. The number of aromatic nitrogens is 1. The fourth-order valence-corrected chi connectivity index (χ4v) is 3.63. The van der Waals surface area contributed by atoms with Crippen LogP contribution < -0.4 is 14.4 Å². The molecule has 0 N–H and O–H groups in total. The molecule has 0 aliphatic carbocycles. The van der Waals surface area contributed by atoms with Crippen LogP contribution in [0.2, 0.25) is 5.02 Å². The van der Waals surface area contributed by atoms with E-state index in [0.29, 0.717) is 60.5 Å². The fraction of sp³-hybridized carbons (Fsp3) is 0.368. The molecular weight excluding hydrogens is 411 g/mol. The Bertz CT molecular complexity index is 921. The fourth-order valence-electron chi connectivity index (χ4n) is 3.36. The smallest absolute Gasteiger partial charge is 0.417 e. The molecule has 1 aromatic heterocycles. The van der Waals surface area contributed by atoms with E-state index in [-0.39, 0.29) is 12.7 Å². The molecule has 4 rings (SSSR count). The molecule has 0 unspecified atom stereocenters. The molecule has 1 aromatic carbocycles. The lowest BCUT2D eigenvalue weighted by molar-refractivity contribution is -0.137. The van der Waals surface area contributed by atoms with Crippen molar-refractivity contribution in [3.63, 3.8) is 0 Å². The zero-order chi connectivity index (χ0) is 20.6. The Kier molecular flexibility index (Phi) is 5.16. The Labute approximate surface area is 169 Å². The Morgan fingerprint density at radius 2 is 1.93 bits per heavy atom. The van der Waals surface area contributed by atoms with Crippen molar-refractivity contribution < 1.29 is 27.4 Å².